The first kappa shape index (κ1) is 11.9. The number of aromatic nitrogens is 3. The van der Waals surface area contributed by atoms with Crippen molar-refractivity contribution in [2.24, 2.45) is 0 Å². The van der Waals surface area contributed by atoms with Crippen molar-refractivity contribution in [1.29, 1.82) is 0 Å². The largest absolute Gasteiger partial charge is 0.307 e. The maximum absolute atomic E-state index is 6.03. The third-order valence-electron chi connectivity index (χ3n) is 3.59. The van der Waals surface area contributed by atoms with Crippen molar-refractivity contribution in [3.63, 3.8) is 0 Å². The number of imidazole rings is 1. The van der Waals surface area contributed by atoms with Gasteiger partial charge in [-0.2, -0.15) is 0 Å². The number of pyridine rings is 1. The van der Waals surface area contributed by atoms with Gasteiger partial charge in [0.25, 0.3) is 0 Å². The molecule has 0 aliphatic carbocycles. The molecule has 18 heavy (non-hydrogen) atoms. The summed E-state index contributed by atoms with van der Waals surface area (Å²) < 4.78 is 2.23. The molecule has 1 aliphatic heterocycles. The number of likely N-dealkylation sites (N-methyl/N-ethyl adjacent to an activating group) is 1. The fourth-order valence-corrected chi connectivity index (χ4v) is 2.92. The Hall–Kier alpha value is -1.13. The molecule has 2 aromatic rings. The Morgan fingerprint density at radius 2 is 2.33 bits per heavy atom. The molecule has 1 atom stereocenters. The fourth-order valence-electron chi connectivity index (χ4n) is 2.73. The van der Waals surface area contributed by atoms with Gasteiger partial charge in [-0.15, -0.1) is 11.6 Å². The number of rotatable bonds is 2. The summed E-state index contributed by atoms with van der Waals surface area (Å²) in [6.07, 6.45) is 3.04. The minimum Gasteiger partial charge on any atom is -0.307 e. The summed E-state index contributed by atoms with van der Waals surface area (Å²) in [6, 6.07) is 2.53. The lowest BCUT2D eigenvalue weighted by Gasteiger charge is -2.15. The Labute approximate surface area is 112 Å². The highest BCUT2D eigenvalue weighted by Gasteiger charge is 2.25. The van der Waals surface area contributed by atoms with Crippen LogP contribution in [0.15, 0.2) is 12.3 Å². The molecule has 4 nitrogen and oxygen atoms in total. The van der Waals surface area contributed by atoms with Gasteiger partial charge >= 0.3 is 0 Å². The normalized spacial score (nSPS) is 20.9. The Kier molecular flexibility index (Phi) is 2.99. The van der Waals surface area contributed by atoms with Gasteiger partial charge in [0.05, 0.1) is 11.9 Å². The zero-order valence-corrected chi connectivity index (χ0v) is 11.5. The van der Waals surface area contributed by atoms with E-state index in [2.05, 4.69) is 32.5 Å². The molecule has 1 saturated heterocycles. The average molecular weight is 265 g/mol. The lowest BCUT2D eigenvalue weighted by atomic mass is 10.2. The van der Waals surface area contributed by atoms with Crippen LogP contribution in [0.4, 0.5) is 0 Å². The number of hydrogen-bond acceptors (Lipinski definition) is 3. The number of hydrogen-bond donors (Lipinski definition) is 0. The van der Waals surface area contributed by atoms with Crippen LogP contribution in [0.1, 0.15) is 23.9 Å². The summed E-state index contributed by atoms with van der Waals surface area (Å²) in [5.41, 5.74) is 3.06. The molecule has 1 fully saturated rings. The van der Waals surface area contributed by atoms with Gasteiger partial charge in [0.1, 0.15) is 11.3 Å². The molecule has 0 N–H and O–H groups in total. The zero-order valence-electron chi connectivity index (χ0n) is 10.7. The molecule has 0 spiro atoms. The van der Waals surface area contributed by atoms with E-state index in [1.807, 2.05) is 13.1 Å². The van der Waals surface area contributed by atoms with Crippen molar-refractivity contribution in [2.75, 3.05) is 20.1 Å². The Morgan fingerprint density at radius 1 is 1.50 bits per heavy atom. The molecule has 0 bridgehead atoms. The smallest absolute Gasteiger partial charge is 0.160 e. The monoisotopic (exact) mass is 264 g/mol. The molecule has 1 unspecified atom stereocenters. The van der Waals surface area contributed by atoms with Crippen LogP contribution in [0, 0.1) is 6.92 Å². The molecule has 1 aliphatic rings. The zero-order chi connectivity index (χ0) is 12.7. The average Bonchev–Trinajstić information content (AvgIpc) is 2.91. The van der Waals surface area contributed by atoms with Gasteiger partial charge in [0, 0.05) is 12.7 Å². The van der Waals surface area contributed by atoms with Gasteiger partial charge in [-0.25, -0.2) is 9.97 Å². The second-order valence-corrected chi connectivity index (χ2v) is 5.36. The third-order valence-corrected chi connectivity index (χ3v) is 3.83. The molecule has 0 amide bonds. The highest BCUT2D eigenvalue weighted by molar-refractivity contribution is 6.16. The van der Waals surface area contributed by atoms with E-state index in [9.17, 15) is 0 Å². The van der Waals surface area contributed by atoms with E-state index in [0.717, 1.165) is 42.1 Å². The Bertz CT molecular complexity index is 578. The van der Waals surface area contributed by atoms with Crippen LogP contribution in [0.5, 0.6) is 0 Å². The maximum Gasteiger partial charge on any atom is 0.160 e. The first-order valence-corrected chi connectivity index (χ1v) is 6.80. The molecule has 96 valence electrons. The molecular formula is C13H17ClN4. The topological polar surface area (TPSA) is 34.0 Å². The highest BCUT2D eigenvalue weighted by Crippen LogP contribution is 2.27. The van der Waals surface area contributed by atoms with E-state index in [4.69, 9.17) is 11.6 Å². The number of nitrogens with zero attached hydrogens (tertiary/aromatic N) is 4. The second-order valence-electron chi connectivity index (χ2n) is 5.09. The number of fused-ring (bicyclic) bond motifs is 1. The van der Waals surface area contributed by atoms with Gasteiger partial charge in [0.2, 0.25) is 0 Å². The van der Waals surface area contributed by atoms with Gasteiger partial charge in [-0.1, -0.05) is 0 Å². The summed E-state index contributed by atoms with van der Waals surface area (Å²) in [5.74, 6) is 1.38. The van der Waals surface area contributed by atoms with Gasteiger partial charge in [-0.3, -0.25) is 0 Å². The first-order valence-electron chi connectivity index (χ1n) is 6.27. The summed E-state index contributed by atoms with van der Waals surface area (Å²) in [6.45, 7) is 4.21. The van der Waals surface area contributed by atoms with Crippen LogP contribution in [0.25, 0.3) is 11.2 Å². The summed E-state index contributed by atoms with van der Waals surface area (Å²) in [7, 11) is 2.15. The molecule has 0 aromatic carbocycles. The van der Waals surface area contributed by atoms with Crippen LogP contribution < -0.4 is 0 Å². The predicted molar refractivity (Wildman–Crippen MR) is 73.0 cm³/mol. The van der Waals surface area contributed by atoms with Crippen LogP contribution in [-0.4, -0.2) is 39.6 Å². The molecule has 3 rings (SSSR count). The number of alkyl halides is 1. The van der Waals surface area contributed by atoms with Crippen molar-refractivity contribution in [1.82, 2.24) is 19.4 Å². The predicted octanol–water partition coefficient (Wildman–Crippen LogP) is 2.36. The second kappa shape index (κ2) is 4.52. The van der Waals surface area contributed by atoms with Crippen molar-refractivity contribution in [3.05, 3.63) is 23.7 Å². The SMILES string of the molecule is Cc1cnc2c(c1)nc(CCl)n2C1CCN(C)C1. The van der Waals surface area contributed by atoms with Crippen molar-refractivity contribution < 1.29 is 0 Å². The molecular weight excluding hydrogens is 248 g/mol. The van der Waals surface area contributed by atoms with E-state index >= 15 is 0 Å². The van der Waals surface area contributed by atoms with Gasteiger partial charge < -0.3 is 9.47 Å². The molecule has 2 aromatic heterocycles. The quantitative estimate of drug-likeness (QED) is 0.781. The van der Waals surface area contributed by atoms with Crippen LogP contribution >= 0.6 is 11.6 Å². The van der Waals surface area contributed by atoms with Crippen LogP contribution in [0.2, 0.25) is 0 Å². The van der Waals surface area contributed by atoms with Crippen LogP contribution in [0.3, 0.4) is 0 Å². The Morgan fingerprint density at radius 3 is 3.00 bits per heavy atom. The lowest BCUT2D eigenvalue weighted by molar-refractivity contribution is 0.392. The third kappa shape index (κ3) is 1.89. The first-order chi connectivity index (χ1) is 8.69. The number of likely N-dealkylation sites (tertiary alicyclic amines) is 1. The lowest BCUT2D eigenvalue weighted by Crippen LogP contribution is -2.17. The fraction of sp³-hybridized carbons (Fsp3) is 0.538. The summed E-state index contributed by atoms with van der Waals surface area (Å²) >= 11 is 6.03. The van der Waals surface area contributed by atoms with Crippen molar-refractivity contribution >= 4 is 22.8 Å². The summed E-state index contributed by atoms with van der Waals surface area (Å²) in [4.78, 5) is 11.5. The maximum atomic E-state index is 6.03. The van der Waals surface area contributed by atoms with E-state index in [1.54, 1.807) is 0 Å². The highest BCUT2D eigenvalue weighted by atomic mass is 35.5. The van der Waals surface area contributed by atoms with Crippen LogP contribution in [-0.2, 0) is 5.88 Å². The molecule has 0 saturated carbocycles. The summed E-state index contributed by atoms with van der Waals surface area (Å²) in [5, 5.41) is 0. The van der Waals surface area contributed by atoms with Gasteiger partial charge in [-0.05, 0) is 38.6 Å². The van der Waals surface area contributed by atoms with Gasteiger partial charge in [0.15, 0.2) is 5.65 Å². The van der Waals surface area contributed by atoms with E-state index in [-0.39, 0.29) is 0 Å². The molecule has 3 heterocycles. The standard InChI is InChI=1S/C13H17ClN4/c1-9-5-11-13(15-7-9)18(12(6-14)16-11)10-3-4-17(2)8-10/h5,7,10H,3-4,6,8H2,1-2H3. The van der Waals surface area contributed by atoms with Crippen molar-refractivity contribution in [3.8, 4) is 0 Å². The number of halogens is 1. The van der Waals surface area contributed by atoms with Crippen molar-refractivity contribution in [2.45, 2.75) is 25.3 Å². The van der Waals surface area contributed by atoms with E-state index < -0.39 is 0 Å². The van der Waals surface area contributed by atoms with E-state index in [0.29, 0.717) is 11.9 Å². The minimum absolute atomic E-state index is 0.440. The minimum atomic E-state index is 0.440. The molecule has 0 radical (unpaired) electrons. The molecule has 5 heteroatoms. The number of aryl methyl sites for hydroxylation is 1. The van der Waals surface area contributed by atoms with E-state index in [1.165, 1.54) is 0 Å². The Balaban J connectivity index is 2.13.